The summed E-state index contributed by atoms with van der Waals surface area (Å²) < 4.78 is 1.74. The highest BCUT2D eigenvalue weighted by Crippen LogP contribution is 2.24. The molecule has 0 aromatic carbocycles. The van der Waals surface area contributed by atoms with Crippen LogP contribution in [0.15, 0.2) is 36.9 Å². The third kappa shape index (κ3) is 4.02. The van der Waals surface area contributed by atoms with Crippen LogP contribution in [0.4, 0.5) is 5.82 Å². The van der Waals surface area contributed by atoms with E-state index in [1.54, 1.807) is 23.3 Å². The number of aryl methyl sites for hydroxylation is 1. The number of fused-ring (bicyclic) bond motifs is 1. The molecule has 1 aliphatic heterocycles. The SMILES string of the molecule is Cn1cc(-c2cc3cc(NC(=O)C4CCN(CCO)CC4)ncc3cn2)cn1. The molecule has 28 heavy (non-hydrogen) atoms. The standard InChI is InChI=1S/C20H24N6O2/c1-25-13-17(12-23-25)18-8-15-9-19(22-11-16(15)10-21-18)24-20(28)14-2-4-26(5-3-14)6-7-27/h8-14,27H,2-7H2,1H3,(H,22,24,28). The highest BCUT2D eigenvalue weighted by molar-refractivity contribution is 5.94. The maximum absolute atomic E-state index is 12.6. The van der Waals surface area contributed by atoms with Crippen LogP contribution in [-0.4, -0.2) is 61.9 Å². The molecule has 1 saturated heterocycles. The van der Waals surface area contributed by atoms with Crippen LogP contribution in [0, 0.1) is 5.92 Å². The third-order valence-corrected chi connectivity index (χ3v) is 5.23. The third-order valence-electron chi connectivity index (χ3n) is 5.23. The lowest BCUT2D eigenvalue weighted by molar-refractivity contribution is -0.121. The molecule has 0 spiro atoms. The quantitative estimate of drug-likeness (QED) is 0.699. The van der Waals surface area contributed by atoms with Gasteiger partial charge in [0.1, 0.15) is 5.82 Å². The number of hydrogen-bond acceptors (Lipinski definition) is 6. The lowest BCUT2D eigenvalue weighted by Crippen LogP contribution is -2.39. The molecule has 0 radical (unpaired) electrons. The van der Waals surface area contributed by atoms with Crippen LogP contribution in [0.2, 0.25) is 0 Å². The van der Waals surface area contributed by atoms with Crippen molar-refractivity contribution in [3.63, 3.8) is 0 Å². The number of piperidine rings is 1. The minimum atomic E-state index is -0.0177. The molecule has 0 unspecified atom stereocenters. The molecule has 3 aromatic rings. The van der Waals surface area contributed by atoms with E-state index in [1.165, 1.54) is 0 Å². The van der Waals surface area contributed by atoms with Crippen molar-refractivity contribution in [3.8, 4) is 11.3 Å². The summed E-state index contributed by atoms with van der Waals surface area (Å²) in [7, 11) is 1.87. The van der Waals surface area contributed by atoms with E-state index in [2.05, 4.69) is 25.3 Å². The first kappa shape index (κ1) is 18.5. The number of rotatable bonds is 5. The van der Waals surface area contributed by atoms with E-state index in [1.807, 2.05) is 25.4 Å². The van der Waals surface area contributed by atoms with E-state index >= 15 is 0 Å². The number of pyridine rings is 2. The van der Waals surface area contributed by atoms with Gasteiger partial charge in [0.2, 0.25) is 5.91 Å². The number of aliphatic hydroxyl groups is 1. The van der Waals surface area contributed by atoms with Crippen molar-refractivity contribution in [1.29, 1.82) is 0 Å². The zero-order chi connectivity index (χ0) is 19.5. The summed E-state index contributed by atoms with van der Waals surface area (Å²) in [5.74, 6) is 0.548. The van der Waals surface area contributed by atoms with Gasteiger partial charge in [0, 0.05) is 49.1 Å². The van der Waals surface area contributed by atoms with E-state index < -0.39 is 0 Å². The number of anilines is 1. The minimum Gasteiger partial charge on any atom is -0.395 e. The van der Waals surface area contributed by atoms with Crippen LogP contribution in [0.1, 0.15) is 12.8 Å². The van der Waals surface area contributed by atoms with E-state index in [0.29, 0.717) is 12.4 Å². The van der Waals surface area contributed by atoms with E-state index in [4.69, 9.17) is 5.11 Å². The van der Waals surface area contributed by atoms with Gasteiger partial charge in [-0.15, -0.1) is 0 Å². The van der Waals surface area contributed by atoms with Gasteiger partial charge in [-0.3, -0.25) is 14.5 Å². The van der Waals surface area contributed by atoms with Gasteiger partial charge in [-0.1, -0.05) is 0 Å². The summed E-state index contributed by atoms with van der Waals surface area (Å²) in [4.78, 5) is 23.6. The van der Waals surface area contributed by atoms with Crippen LogP contribution in [0.3, 0.4) is 0 Å². The Labute approximate surface area is 163 Å². The summed E-state index contributed by atoms with van der Waals surface area (Å²) in [6, 6.07) is 3.87. The van der Waals surface area contributed by atoms with E-state index in [0.717, 1.165) is 48.0 Å². The van der Waals surface area contributed by atoms with Crippen molar-refractivity contribution in [2.45, 2.75) is 12.8 Å². The summed E-state index contributed by atoms with van der Waals surface area (Å²) in [6.07, 6.45) is 8.81. The van der Waals surface area contributed by atoms with Gasteiger partial charge < -0.3 is 15.3 Å². The number of nitrogens with zero attached hydrogens (tertiary/aromatic N) is 5. The molecule has 8 nitrogen and oxygen atoms in total. The smallest absolute Gasteiger partial charge is 0.228 e. The van der Waals surface area contributed by atoms with Crippen molar-refractivity contribution in [1.82, 2.24) is 24.6 Å². The minimum absolute atomic E-state index is 0.0111. The topological polar surface area (TPSA) is 96.2 Å². The summed E-state index contributed by atoms with van der Waals surface area (Å²) in [5, 5.41) is 18.1. The fourth-order valence-corrected chi connectivity index (χ4v) is 3.61. The predicted molar refractivity (Wildman–Crippen MR) is 107 cm³/mol. The number of amides is 1. The zero-order valence-electron chi connectivity index (χ0n) is 15.9. The molecule has 4 rings (SSSR count). The Hall–Kier alpha value is -2.84. The first-order chi connectivity index (χ1) is 13.6. The van der Waals surface area contributed by atoms with Gasteiger partial charge in [-0.05, 0) is 43.5 Å². The van der Waals surface area contributed by atoms with Crippen molar-refractivity contribution in [2.24, 2.45) is 13.0 Å². The summed E-state index contributed by atoms with van der Waals surface area (Å²) in [6.45, 7) is 2.51. The molecule has 0 aliphatic carbocycles. The molecular formula is C20H24N6O2. The first-order valence-corrected chi connectivity index (χ1v) is 9.51. The Morgan fingerprint density at radius 3 is 2.68 bits per heavy atom. The number of hydrogen-bond donors (Lipinski definition) is 2. The van der Waals surface area contributed by atoms with Crippen molar-refractivity contribution in [2.75, 3.05) is 31.6 Å². The normalized spacial score (nSPS) is 15.8. The second kappa shape index (κ2) is 8.04. The summed E-state index contributed by atoms with van der Waals surface area (Å²) in [5.41, 5.74) is 1.78. The predicted octanol–water partition coefficient (Wildman–Crippen LogP) is 1.67. The van der Waals surface area contributed by atoms with Crippen molar-refractivity contribution < 1.29 is 9.90 Å². The molecule has 3 aromatic heterocycles. The Bertz CT molecular complexity index is 978. The molecule has 0 atom stereocenters. The molecule has 2 N–H and O–H groups in total. The monoisotopic (exact) mass is 380 g/mol. The molecule has 0 saturated carbocycles. The maximum atomic E-state index is 12.6. The lowest BCUT2D eigenvalue weighted by atomic mass is 9.96. The number of aromatic nitrogens is 4. The van der Waals surface area contributed by atoms with Gasteiger partial charge in [0.25, 0.3) is 0 Å². The largest absolute Gasteiger partial charge is 0.395 e. The second-order valence-electron chi connectivity index (χ2n) is 7.22. The van der Waals surface area contributed by atoms with Crippen molar-refractivity contribution in [3.05, 3.63) is 36.9 Å². The van der Waals surface area contributed by atoms with Gasteiger partial charge in [0.05, 0.1) is 18.5 Å². The molecule has 8 heteroatoms. The highest BCUT2D eigenvalue weighted by Gasteiger charge is 2.25. The Morgan fingerprint density at radius 2 is 1.96 bits per heavy atom. The Kier molecular flexibility index (Phi) is 5.31. The highest BCUT2D eigenvalue weighted by atomic mass is 16.3. The van der Waals surface area contributed by atoms with Crippen LogP contribution in [0.25, 0.3) is 22.0 Å². The van der Waals surface area contributed by atoms with E-state index in [9.17, 15) is 4.79 Å². The molecule has 4 heterocycles. The fraction of sp³-hybridized carbons (Fsp3) is 0.400. The maximum Gasteiger partial charge on any atom is 0.228 e. The number of aliphatic hydroxyl groups excluding tert-OH is 1. The first-order valence-electron chi connectivity index (χ1n) is 9.51. The number of carbonyl (C=O) groups is 1. The lowest BCUT2D eigenvalue weighted by Gasteiger charge is -2.30. The van der Waals surface area contributed by atoms with Gasteiger partial charge >= 0.3 is 0 Å². The number of carbonyl (C=O) groups excluding carboxylic acids is 1. The van der Waals surface area contributed by atoms with Gasteiger partial charge in [-0.2, -0.15) is 5.10 Å². The Balaban J connectivity index is 1.47. The average Bonchev–Trinajstić information content (AvgIpc) is 3.14. The fourth-order valence-electron chi connectivity index (χ4n) is 3.61. The van der Waals surface area contributed by atoms with Gasteiger partial charge in [0.15, 0.2) is 0 Å². The molecule has 1 fully saturated rings. The second-order valence-corrected chi connectivity index (χ2v) is 7.22. The average molecular weight is 380 g/mol. The van der Waals surface area contributed by atoms with Crippen LogP contribution in [-0.2, 0) is 11.8 Å². The molecule has 1 aliphatic rings. The van der Waals surface area contributed by atoms with Crippen molar-refractivity contribution >= 4 is 22.5 Å². The molecule has 146 valence electrons. The number of β-amino-alcohol motifs (C(OH)–C–C–N with tert-alkyl or cyclic N) is 1. The Morgan fingerprint density at radius 1 is 1.18 bits per heavy atom. The molecule has 1 amide bonds. The number of nitrogens with one attached hydrogen (secondary N) is 1. The van der Waals surface area contributed by atoms with Crippen LogP contribution >= 0.6 is 0 Å². The van der Waals surface area contributed by atoms with Crippen LogP contribution < -0.4 is 5.32 Å². The number of likely N-dealkylation sites (tertiary alicyclic amines) is 1. The molecule has 0 bridgehead atoms. The summed E-state index contributed by atoms with van der Waals surface area (Å²) >= 11 is 0. The van der Waals surface area contributed by atoms with Crippen LogP contribution in [0.5, 0.6) is 0 Å². The van der Waals surface area contributed by atoms with E-state index in [-0.39, 0.29) is 18.4 Å². The van der Waals surface area contributed by atoms with Gasteiger partial charge in [-0.25, -0.2) is 4.98 Å². The zero-order valence-corrected chi connectivity index (χ0v) is 15.9. The molecular weight excluding hydrogens is 356 g/mol.